The SMILES string of the molecule is CSc1nc(N(C)C)nn1C. The molecule has 11 heavy (non-hydrogen) atoms. The van der Waals surface area contributed by atoms with Crippen LogP contribution >= 0.6 is 11.8 Å². The molecule has 0 fully saturated rings. The Morgan fingerprint density at radius 2 is 2.09 bits per heavy atom. The average Bonchev–Trinajstić information content (AvgIpc) is 2.31. The van der Waals surface area contributed by atoms with Crippen molar-refractivity contribution in [2.45, 2.75) is 5.16 Å². The van der Waals surface area contributed by atoms with Crippen molar-refractivity contribution in [3.63, 3.8) is 0 Å². The van der Waals surface area contributed by atoms with Gasteiger partial charge in [0.25, 0.3) is 0 Å². The molecule has 0 aliphatic carbocycles. The Morgan fingerprint density at radius 3 is 2.36 bits per heavy atom. The van der Waals surface area contributed by atoms with Gasteiger partial charge in [0.15, 0.2) is 5.16 Å². The Morgan fingerprint density at radius 1 is 1.45 bits per heavy atom. The highest BCUT2D eigenvalue weighted by atomic mass is 32.2. The fourth-order valence-corrected chi connectivity index (χ4v) is 1.20. The number of aromatic nitrogens is 3. The summed E-state index contributed by atoms with van der Waals surface area (Å²) >= 11 is 1.60. The average molecular weight is 172 g/mol. The molecule has 5 heteroatoms. The van der Waals surface area contributed by atoms with E-state index in [4.69, 9.17) is 0 Å². The summed E-state index contributed by atoms with van der Waals surface area (Å²) in [6, 6.07) is 0. The van der Waals surface area contributed by atoms with E-state index in [0.717, 1.165) is 11.1 Å². The molecule has 0 amide bonds. The highest BCUT2D eigenvalue weighted by Crippen LogP contribution is 2.13. The normalized spacial score (nSPS) is 10.2. The second kappa shape index (κ2) is 3.13. The summed E-state index contributed by atoms with van der Waals surface area (Å²) in [5.74, 6) is 0.761. The molecule has 1 aromatic rings. The lowest BCUT2D eigenvalue weighted by molar-refractivity contribution is 0.685. The maximum Gasteiger partial charge on any atom is 0.245 e. The smallest absolute Gasteiger partial charge is 0.245 e. The van der Waals surface area contributed by atoms with E-state index in [1.165, 1.54) is 0 Å². The van der Waals surface area contributed by atoms with Crippen LogP contribution in [0.15, 0.2) is 5.16 Å². The zero-order valence-corrected chi connectivity index (χ0v) is 8.01. The molecule has 0 aliphatic rings. The van der Waals surface area contributed by atoms with E-state index in [2.05, 4.69) is 10.1 Å². The third kappa shape index (κ3) is 1.65. The molecule has 62 valence electrons. The van der Waals surface area contributed by atoms with Gasteiger partial charge in [-0.25, -0.2) is 4.68 Å². The maximum atomic E-state index is 4.27. The highest BCUT2D eigenvalue weighted by Gasteiger charge is 2.05. The minimum Gasteiger partial charge on any atom is -0.346 e. The molecule has 0 aliphatic heterocycles. The summed E-state index contributed by atoms with van der Waals surface area (Å²) in [6.07, 6.45) is 1.99. The topological polar surface area (TPSA) is 34.0 Å². The fourth-order valence-electron chi connectivity index (χ4n) is 0.724. The molecule has 0 saturated carbocycles. The van der Waals surface area contributed by atoms with Crippen LogP contribution in [0, 0.1) is 0 Å². The predicted octanol–water partition coefficient (Wildman–Crippen LogP) is 0.603. The van der Waals surface area contributed by atoms with Gasteiger partial charge in [-0.1, -0.05) is 11.8 Å². The van der Waals surface area contributed by atoms with Crippen LogP contribution in [0.4, 0.5) is 5.95 Å². The zero-order valence-electron chi connectivity index (χ0n) is 7.20. The van der Waals surface area contributed by atoms with E-state index in [9.17, 15) is 0 Å². The van der Waals surface area contributed by atoms with Crippen LogP contribution < -0.4 is 4.90 Å². The summed E-state index contributed by atoms with van der Waals surface area (Å²) in [5, 5.41) is 5.13. The minimum absolute atomic E-state index is 0.761. The van der Waals surface area contributed by atoms with Gasteiger partial charge in [-0.3, -0.25) is 0 Å². The van der Waals surface area contributed by atoms with E-state index < -0.39 is 0 Å². The molecule has 0 N–H and O–H groups in total. The van der Waals surface area contributed by atoms with Crippen LogP contribution in [-0.4, -0.2) is 35.1 Å². The summed E-state index contributed by atoms with van der Waals surface area (Å²) in [4.78, 5) is 6.16. The van der Waals surface area contributed by atoms with Crippen molar-refractivity contribution < 1.29 is 0 Å². The van der Waals surface area contributed by atoms with Crippen LogP contribution in [-0.2, 0) is 7.05 Å². The predicted molar refractivity (Wildman–Crippen MR) is 47.1 cm³/mol. The van der Waals surface area contributed by atoms with Crippen molar-refractivity contribution in [1.82, 2.24) is 14.8 Å². The molecule has 0 unspecified atom stereocenters. The monoisotopic (exact) mass is 172 g/mol. The third-order valence-corrected chi connectivity index (χ3v) is 2.02. The van der Waals surface area contributed by atoms with Crippen LogP contribution in [0.5, 0.6) is 0 Å². The van der Waals surface area contributed by atoms with Gasteiger partial charge in [0.1, 0.15) is 0 Å². The van der Waals surface area contributed by atoms with Crippen LogP contribution in [0.1, 0.15) is 0 Å². The first-order valence-corrected chi connectivity index (χ1v) is 4.50. The molecular formula is C6H12N4S. The van der Waals surface area contributed by atoms with E-state index in [-0.39, 0.29) is 0 Å². The number of hydrogen-bond acceptors (Lipinski definition) is 4. The molecule has 0 spiro atoms. The van der Waals surface area contributed by atoms with Crippen molar-refractivity contribution >= 4 is 17.7 Å². The largest absolute Gasteiger partial charge is 0.346 e. The molecule has 4 nitrogen and oxygen atoms in total. The highest BCUT2D eigenvalue weighted by molar-refractivity contribution is 7.98. The number of rotatable bonds is 2. The number of thioether (sulfide) groups is 1. The summed E-state index contributed by atoms with van der Waals surface area (Å²) < 4.78 is 1.78. The Bertz CT molecular complexity index is 243. The molecule has 0 aromatic carbocycles. The van der Waals surface area contributed by atoms with Crippen LogP contribution in [0.25, 0.3) is 0 Å². The van der Waals surface area contributed by atoms with E-state index in [1.807, 2.05) is 32.3 Å². The number of anilines is 1. The molecular weight excluding hydrogens is 160 g/mol. The molecule has 0 radical (unpaired) electrons. The van der Waals surface area contributed by atoms with E-state index >= 15 is 0 Å². The Labute approximate surface area is 70.6 Å². The quantitative estimate of drug-likeness (QED) is 0.612. The summed E-state index contributed by atoms with van der Waals surface area (Å²) in [6.45, 7) is 0. The Kier molecular flexibility index (Phi) is 2.38. The standard InChI is InChI=1S/C6H12N4S/c1-9(2)5-7-6(11-4)10(3)8-5/h1-4H3. The first kappa shape index (κ1) is 8.39. The number of hydrogen-bond donors (Lipinski definition) is 0. The van der Waals surface area contributed by atoms with E-state index in [1.54, 1.807) is 16.4 Å². The lowest BCUT2D eigenvalue weighted by atomic mass is 10.8. The third-order valence-electron chi connectivity index (χ3n) is 1.29. The summed E-state index contributed by atoms with van der Waals surface area (Å²) in [5.41, 5.74) is 0. The molecule has 1 rings (SSSR count). The maximum absolute atomic E-state index is 4.27. The first-order valence-electron chi connectivity index (χ1n) is 3.27. The molecule has 0 atom stereocenters. The van der Waals surface area contributed by atoms with Gasteiger partial charge in [0.2, 0.25) is 5.95 Å². The van der Waals surface area contributed by atoms with Gasteiger partial charge in [-0.05, 0) is 6.26 Å². The van der Waals surface area contributed by atoms with Gasteiger partial charge < -0.3 is 4.90 Å². The van der Waals surface area contributed by atoms with E-state index in [0.29, 0.717) is 0 Å². The zero-order chi connectivity index (χ0) is 8.43. The van der Waals surface area contributed by atoms with Crippen molar-refractivity contribution in [2.75, 3.05) is 25.3 Å². The minimum atomic E-state index is 0.761. The lowest BCUT2D eigenvalue weighted by Gasteiger charge is -2.03. The van der Waals surface area contributed by atoms with Gasteiger partial charge >= 0.3 is 0 Å². The van der Waals surface area contributed by atoms with Gasteiger partial charge in [0, 0.05) is 21.1 Å². The lowest BCUT2D eigenvalue weighted by Crippen LogP contribution is -2.10. The van der Waals surface area contributed by atoms with Crippen molar-refractivity contribution in [1.29, 1.82) is 0 Å². The van der Waals surface area contributed by atoms with Crippen molar-refractivity contribution in [3.8, 4) is 0 Å². The number of nitrogens with zero attached hydrogens (tertiary/aromatic N) is 4. The van der Waals surface area contributed by atoms with Crippen molar-refractivity contribution in [2.24, 2.45) is 7.05 Å². The number of aryl methyl sites for hydroxylation is 1. The Hall–Kier alpha value is -0.710. The second-order valence-corrected chi connectivity index (χ2v) is 3.19. The van der Waals surface area contributed by atoms with Crippen LogP contribution in [0.3, 0.4) is 0 Å². The van der Waals surface area contributed by atoms with Crippen molar-refractivity contribution in [3.05, 3.63) is 0 Å². The summed E-state index contributed by atoms with van der Waals surface area (Å²) in [7, 11) is 5.75. The molecule has 0 saturated heterocycles. The van der Waals surface area contributed by atoms with Gasteiger partial charge in [-0.2, -0.15) is 4.98 Å². The molecule has 0 bridgehead atoms. The fraction of sp³-hybridized carbons (Fsp3) is 0.667. The second-order valence-electron chi connectivity index (χ2n) is 2.42. The Balaban J connectivity index is 2.95. The van der Waals surface area contributed by atoms with Crippen LogP contribution in [0.2, 0.25) is 0 Å². The first-order chi connectivity index (χ1) is 5.15. The molecule has 1 aromatic heterocycles. The van der Waals surface area contributed by atoms with Gasteiger partial charge in [-0.15, -0.1) is 5.10 Å². The van der Waals surface area contributed by atoms with Gasteiger partial charge in [0.05, 0.1) is 0 Å². The molecule has 1 heterocycles.